The van der Waals surface area contributed by atoms with Gasteiger partial charge >= 0.3 is 0 Å². The summed E-state index contributed by atoms with van der Waals surface area (Å²) < 4.78 is 27.6. The second-order valence-electron chi connectivity index (χ2n) is 5.74. The molecule has 2 rings (SSSR count). The molecule has 1 unspecified atom stereocenters. The molecule has 140 valence electrons. The van der Waals surface area contributed by atoms with Crippen molar-refractivity contribution in [1.82, 2.24) is 4.72 Å². The topological polar surface area (TPSA) is 75.3 Å². The molecular weight excluding hydrogens is 392 g/mol. The van der Waals surface area contributed by atoms with Crippen LogP contribution in [-0.4, -0.2) is 32.4 Å². The van der Waals surface area contributed by atoms with Gasteiger partial charge in [0.15, 0.2) is 0 Å². The van der Waals surface area contributed by atoms with E-state index in [-0.39, 0.29) is 4.90 Å². The second-order valence-corrected chi connectivity index (χ2v) is 8.85. The van der Waals surface area contributed by atoms with Crippen LogP contribution in [0.1, 0.15) is 12.0 Å². The molecule has 0 bridgehead atoms. The number of amides is 1. The Balaban J connectivity index is 2.19. The molecule has 1 amide bonds. The molecule has 5 nitrogen and oxygen atoms in total. The van der Waals surface area contributed by atoms with Crippen LogP contribution in [0.25, 0.3) is 0 Å². The lowest BCUT2D eigenvalue weighted by Gasteiger charge is -2.19. The molecule has 0 aliphatic carbocycles. The summed E-state index contributed by atoms with van der Waals surface area (Å²) in [5.41, 5.74) is 1.42. The third-order valence-electron chi connectivity index (χ3n) is 3.66. The van der Waals surface area contributed by atoms with Crippen LogP contribution in [0.15, 0.2) is 53.4 Å². The summed E-state index contributed by atoms with van der Waals surface area (Å²) in [5.74, 6) is 0.195. The lowest BCUT2D eigenvalue weighted by molar-refractivity contribution is -0.117. The predicted octanol–water partition coefficient (Wildman–Crippen LogP) is 3.69. The van der Waals surface area contributed by atoms with E-state index in [1.54, 1.807) is 30.3 Å². The third kappa shape index (κ3) is 5.74. The van der Waals surface area contributed by atoms with E-state index >= 15 is 0 Å². The van der Waals surface area contributed by atoms with Crippen LogP contribution in [0.3, 0.4) is 0 Å². The Morgan fingerprint density at radius 1 is 1.19 bits per heavy atom. The van der Waals surface area contributed by atoms with Crippen molar-refractivity contribution in [1.29, 1.82) is 0 Å². The van der Waals surface area contributed by atoms with Crippen molar-refractivity contribution in [2.45, 2.75) is 24.3 Å². The Kier molecular flexibility index (Phi) is 7.52. The molecule has 0 aromatic heterocycles. The van der Waals surface area contributed by atoms with E-state index in [0.717, 1.165) is 5.56 Å². The Bertz CT molecular complexity index is 858. The van der Waals surface area contributed by atoms with E-state index < -0.39 is 22.0 Å². The average Bonchev–Trinajstić information content (AvgIpc) is 2.61. The average molecular weight is 413 g/mol. The lowest BCUT2D eigenvalue weighted by Crippen LogP contribution is -2.44. The molecule has 0 fully saturated rings. The highest BCUT2D eigenvalue weighted by Gasteiger charge is 2.25. The molecule has 0 spiro atoms. The standard InChI is InChI=1S/C18H21ClN2O3S2/c1-13-8-9-16(15(19)12-13)20-18(22)17(10-11-25-2)21-26(23,24)14-6-4-3-5-7-14/h3-9,12,17,21H,10-11H2,1-2H3,(H,20,22). The first-order valence-corrected chi connectivity index (χ1v) is 11.2. The highest BCUT2D eigenvalue weighted by molar-refractivity contribution is 7.98. The molecule has 8 heteroatoms. The molecule has 0 saturated heterocycles. The van der Waals surface area contributed by atoms with Crippen molar-refractivity contribution in [2.75, 3.05) is 17.3 Å². The fourth-order valence-corrected chi connectivity index (χ4v) is 4.28. The summed E-state index contributed by atoms with van der Waals surface area (Å²) in [6, 6.07) is 12.4. The second kappa shape index (κ2) is 9.41. The van der Waals surface area contributed by atoms with Crippen molar-refractivity contribution in [2.24, 2.45) is 0 Å². The van der Waals surface area contributed by atoms with Crippen LogP contribution in [0.5, 0.6) is 0 Å². The monoisotopic (exact) mass is 412 g/mol. The summed E-state index contributed by atoms with van der Waals surface area (Å²) in [6.45, 7) is 1.90. The van der Waals surface area contributed by atoms with Crippen molar-refractivity contribution >= 4 is 45.0 Å². The molecule has 2 aromatic carbocycles. The van der Waals surface area contributed by atoms with Crippen molar-refractivity contribution < 1.29 is 13.2 Å². The Morgan fingerprint density at radius 2 is 1.88 bits per heavy atom. The van der Waals surface area contributed by atoms with Gasteiger partial charge in [-0.25, -0.2) is 8.42 Å². The first-order chi connectivity index (χ1) is 12.3. The van der Waals surface area contributed by atoms with Gasteiger partial charge in [-0.3, -0.25) is 4.79 Å². The quantitative estimate of drug-likeness (QED) is 0.693. The highest BCUT2D eigenvalue weighted by Crippen LogP contribution is 2.23. The van der Waals surface area contributed by atoms with Crippen molar-refractivity contribution in [3.05, 3.63) is 59.1 Å². The number of halogens is 1. The molecule has 0 saturated carbocycles. The number of rotatable bonds is 8. The number of thioether (sulfide) groups is 1. The van der Waals surface area contributed by atoms with Gasteiger partial charge in [0.1, 0.15) is 6.04 Å². The summed E-state index contributed by atoms with van der Waals surface area (Å²) in [4.78, 5) is 12.8. The Labute approximate surface area is 163 Å². The maximum absolute atomic E-state index is 12.7. The maximum atomic E-state index is 12.7. The van der Waals surface area contributed by atoms with Gasteiger partial charge in [-0.05, 0) is 55.2 Å². The fraction of sp³-hybridized carbons (Fsp3) is 0.278. The zero-order valence-corrected chi connectivity index (χ0v) is 16.9. The van der Waals surface area contributed by atoms with E-state index in [1.165, 1.54) is 23.9 Å². The van der Waals surface area contributed by atoms with Crippen molar-refractivity contribution in [3.8, 4) is 0 Å². The minimum Gasteiger partial charge on any atom is -0.323 e. The molecule has 0 aliphatic heterocycles. The molecule has 0 aliphatic rings. The molecule has 2 aromatic rings. The van der Waals surface area contributed by atoms with Crippen LogP contribution in [0, 0.1) is 6.92 Å². The van der Waals surface area contributed by atoms with E-state index in [4.69, 9.17) is 11.6 Å². The number of aryl methyl sites for hydroxylation is 1. The summed E-state index contributed by atoms with van der Waals surface area (Å²) in [5, 5.41) is 3.12. The molecular formula is C18H21ClN2O3S2. The minimum atomic E-state index is -3.80. The molecule has 2 N–H and O–H groups in total. The SMILES string of the molecule is CSCCC(NS(=O)(=O)c1ccccc1)C(=O)Nc1ccc(C)cc1Cl. The van der Waals surface area contributed by atoms with E-state index in [0.29, 0.717) is 22.9 Å². The molecule has 26 heavy (non-hydrogen) atoms. The summed E-state index contributed by atoms with van der Waals surface area (Å²) in [6.07, 6.45) is 2.26. The van der Waals surface area contributed by atoms with Crippen LogP contribution < -0.4 is 10.0 Å². The minimum absolute atomic E-state index is 0.121. The maximum Gasteiger partial charge on any atom is 0.242 e. The number of hydrogen-bond acceptors (Lipinski definition) is 4. The lowest BCUT2D eigenvalue weighted by atomic mass is 10.2. The van der Waals surface area contributed by atoms with Crippen LogP contribution in [0.2, 0.25) is 5.02 Å². The van der Waals surface area contributed by atoms with Crippen LogP contribution in [-0.2, 0) is 14.8 Å². The number of hydrogen-bond donors (Lipinski definition) is 2. The Morgan fingerprint density at radius 3 is 2.50 bits per heavy atom. The zero-order chi connectivity index (χ0) is 19.2. The van der Waals surface area contributed by atoms with Gasteiger partial charge in [-0.2, -0.15) is 16.5 Å². The number of nitrogens with one attached hydrogen (secondary N) is 2. The van der Waals surface area contributed by atoms with Crippen LogP contribution in [0.4, 0.5) is 5.69 Å². The zero-order valence-electron chi connectivity index (χ0n) is 14.5. The summed E-state index contributed by atoms with van der Waals surface area (Å²) >= 11 is 7.69. The normalized spacial score (nSPS) is 12.6. The van der Waals surface area contributed by atoms with Gasteiger partial charge < -0.3 is 5.32 Å². The first-order valence-electron chi connectivity index (χ1n) is 7.97. The number of sulfonamides is 1. The van der Waals surface area contributed by atoms with E-state index in [2.05, 4.69) is 10.0 Å². The number of benzene rings is 2. The highest BCUT2D eigenvalue weighted by atomic mass is 35.5. The summed E-state index contributed by atoms with van der Waals surface area (Å²) in [7, 11) is -3.80. The molecule has 0 heterocycles. The predicted molar refractivity (Wildman–Crippen MR) is 108 cm³/mol. The number of carbonyl (C=O) groups is 1. The van der Waals surface area contributed by atoms with Gasteiger partial charge in [0.25, 0.3) is 0 Å². The van der Waals surface area contributed by atoms with Gasteiger partial charge in [0.05, 0.1) is 15.6 Å². The fourth-order valence-electron chi connectivity index (χ4n) is 2.28. The van der Waals surface area contributed by atoms with Gasteiger partial charge in [0, 0.05) is 0 Å². The number of anilines is 1. The van der Waals surface area contributed by atoms with Gasteiger partial charge in [-0.15, -0.1) is 0 Å². The van der Waals surface area contributed by atoms with E-state index in [1.807, 2.05) is 19.2 Å². The molecule has 0 radical (unpaired) electrons. The van der Waals surface area contributed by atoms with Gasteiger partial charge in [0.2, 0.25) is 15.9 Å². The van der Waals surface area contributed by atoms with Gasteiger partial charge in [-0.1, -0.05) is 35.9 Å². The van der Waals surface area contributed by atoms with Crippen LogP contribution >= 0.6 is 23.4 Å². The third-order valence-corrected chi connectivity index (χ3v) is 6.10. The number of carbonyl (C=O) groups excluding carboxylic acids is 1. The van der Waals surface area contributed by atoms with Crippen molar-refractivity contribution in [3.63, 3.8) is 0 Å². The van der Waals surface area contributed by atoms with E-state index in [9.17, 15) is 13.2 Å². The largest absolute Gasteiger partial charge is 0.323 e. The Hall–Kier alpha value is -1.54. The first kappa shape index (κ1) is 20.8. The smallest absolute Gasteiger partial charge is 0.242 e. The molecule has 1 atom stereocenters.